The van der Waals surface area contributed by atoms with E-state index in [1.165, 1.54) is 11.8 Å². The second-order valence-electron chi connectivity index (χ2n) is 3.47. The number of amides is 1. The van der Waals surface area contributed by atoms with Gasteiger partial charge in [0.1, 0.15) is 0 Å². The van der Waals surface area contributed by atoms with E-state index in [-0.39, 0.29) is 11.7 Å². The van der Waals surface area contributed by atoms with Gasteiger partial charge in [0, 0.05) is 12.4 Å². The summed E-state index contributed by atoms with van der Waals surface area (Å²) in [5, 5.41) is 3.97. The zero-order valence-corrected chi connectivity index (χ0v) is 12.0. The summed E-state index contributed by atoms with van der Waals surface area (Å²) in [6.07, 6.45) is 3.25. The Morgan fingerprint density at radius 1 is 1.21 bits per heavy atom. The van der Waals surface area contributed by atoms with Crippen LogP contribution < -0.4 is 5.32 Å². The summed E-state index contributed by atoms with van der Waals surface area (Å²) < 4.78 is 0. The quantitative estimate of drug-likeness (QED) is 0.693. The second-order valence-corrected chi connectivity index (χ2v) is 5.20. The molecule has 0 atom stereocenters. The summed E-state index contributed by atoms with van der Waals surface area (Å²) >= 11 is 13.1. The number of benzene rings is 1. The van der Waals surface area contributed by atoms with Crippen molar-refractivity contribution in [1.82, 2.24) is 9.97 Å². The van der Waals surface area contributed by atoms with Gasteiger partial charge >= 0.3 is 0 Å². The van der Waals surface area contributed by atoms with Crippen LogP contribution in [0.15, 0.2) is 41.8 Å². The predicted octanol–water partition coefficient (Wildman–Crippen LogP) is 3.51. The van der Waals surface area contributed by atoms with Crippen molar-refractivity contribution >= 4 is 46.6 Å². The van der Waals surface area contributed by atoms with E-state index in [9.17, 15) is 4.79 Å². The summed E-state index contributed by atoms with van der Waals surface area (Å²) in [6.45, 7) is 0. The number of nitrogens with one attached hydrogen (secondary N) is 1. The maximum Gasteiger partial charge on any atom is 0.234 e. The number of hydrogen-bond acceptors (Lipinski definition) is 4. The first kappa shape index (κ1) is 14.1. The molecule has 1 N–H and O–H groups in total. The third kappa shape index (κ3) is 4.09. The topological polar surface area (TPSA) is 54.9 Å². The van der Waals surface area contributed by atoms with Crippen LogP contribution in [0.5, 0.6) is 0 Å². The lowest BCUT2D eigenvalue weighted by molar-refractivity contribution is -0.113. The number of hydrogen-bond donors (Lipinski definition) is 1. The van der Waals surface area contributed by atoms with E-state index in [0.29, 0.717) is 20.9 Å². The minimum atomic E-state index is -0.193. The lowest BCUT2D eigenvalue weighted by atomic mass is 10.3. The van der Waals surface area contributed by atoms with Crippen LogP contribution in [0.2, 0.25) is 10.0 Å². The Hall–Kier alpha value is -1.30. The Morgan fingerprint density at radius 2 is 1.95 bits per heavy atom. The molecule has 7 heteroatoms. The number of carbonyl (C=O) groups excluding carboxylic acids is 1. The van der Waals surface area contributed by atoms with Crippen LogP contribution in [-0.4, -0.2) is 21.6 Å². The highest BCUT2D eigenvalue weighted by Gasteiger charge is 2.09. The van der Waals surface area contributed by atoms with Crippen LogP contribution in [0.4, 0.5) is 5.69 Å². The molecule has 0 spiro atoms. The summed E-state index contributed by atoms with van der Waals surface area (Å²) in [6, 6.07) is 6.79. The largest absolute Gasteiger partial charge is 0.324 e. The Morgan fingerprint density at radius 3 is 2.68 bits per heavy atom. The van der Waals surface area contributed by atoms with Crippen LogP contribution >= 0.6 is 35.0 Å². The number of halogens is 2. The number of aromatic nitrogens is 2. The summed E-state index contributed by atoms with van der Waals surface area (Å²) in [5.74, 6) is 0.00830. The zero-order valence-electron chi connectivity index (χ0n) is 9.64. The number of carbonyl (C=O) groups is 1. The van der Waals surface area contributed by atoms with Crippen molar-refractivity contribution in [3.63, 3.8) is 0 Å². The van der Waals surface area contributed by atoms with Gasteiger partial charge in [-0.1, -0.05) is 41.0 Å². The first-order valence-corrected chi connectivity index (χ1v) is 7.04. The molecule has 19 heavy (non-hydrogen) atoms. The smallest absolute Gasteiger partial charge is 0.234 e. The molecule has 2 rings (SSSR count). The van der Waals surface area contributed by atoms with E-state index in [1.807, 2.05) is 0 Å². The summed E-state index contributed by atoms with van der Waals surface area (Å²) in [5.41, 5.74) is 0.494. The standard InChI is InChI=1S/C12H9Cl2N3OS/c13-8-3-1-4-9(11(8)14)17-10(18)7-19-12-15-5-2-6-16-12/h1-6H,7H2,(H,17,18). The first-order chi connectivity index (χ1) is 9.16. The highest BCUT2D eigenvalue weighted by Crippen LogP contribution is 2.29. The monoisotopic (exact) mass is 313 g/mol. The fraction of sp³-hybridized carbons (Fsp3) is 0.0833. The van der Waals surface area contributed by atoms with Crippen molar-refractivity contribution in [2.45, 2.75) is 5.16 Å². The van der Waals surface area contributed by atoms with Gasteiger partial charge in [0.15, 0.2) is 5.16 Å². The number of thioether (sulfide) groups is 1. The molecule has 1 amide bonds. The molecule has 98 valence electrons. The van der Waals surface area contributed by atoms with Gasteiger partial charge in [-0.15, -0.1) is 0 Å². The third-order valence-electron chi connectivity index (χ3n) is 2.10. The van der Waals surface area contributed by atoms with Gasteiger partial charge in [-0.2, -0.15) is 0 Å². The van der Waals surface area contributed by atoms with E-state index in [1.54, 1.807) is 36.7 Å². The van der Waals surface area contributed by atoms with Gasteiger partial charge in [-0.05, 0) is 18.2 Å². The van der Waals surface area contributed by atoms with Gasteiger partial charge in [0.05, 0.1) is 21.5 Å². The van der Waals surface area contributed by atoms with Crippen molar-refractivity contribution in [2.24, 2.45) is 0 Å². The third-order valence-corrected chi connectivity index (χ3v) is 3.79. The Labute approximate surface area is 124 Å². The van der Waals surface area contributed by atoms with Gasteiger partial charge < -0.3 is 5.32 Å². The van der Waals surface area contributed by atoms with Crippen LogP contribution in [0.1, 0.15) is 0 Å². The van der Waals surface area contributed by atoms with Gasteiger partial charge in [-0.25, -0.2) is 9.97 Å². The Balaban J connectivity index is 1.93. The highest BCUT2D eigenvalue weighted by molar-refractivity contribution is 7.99. The van der Waals surface area contributed by atoms with Crippen LogP contribution in [0.25, 0.3) is 0 Å². The maximum atomic E-state index is 11.8. The predicted molar refractivity (Wildman–Crippen MR) is 77.8 cm³/mol. The van der Waals surface area contributed by atoms with Crippen molar-refractivity contribution in [3.05, 3.63) is 46.7 Å². The number of anilines is 1. The molecule has 0 saturated heterocycles. The molecular weight excluding hydrogens is 305 g/mol. The second kappa shape index (κ2) is 6.75. The molecule has 0 fully saturated rings. The highest BCUT2D eigenvalue weighted by atomic mass is 35.5. The Kier molecular flexibility index (Phi) is 5.01. The molecule has 0 saturated carbocycles. The van der Waals surface area contributed by atoms with Crippen LogP contribution in [-0.2, 0) is 4.79 Å². The van der Waals surface area contributed by atoms with E-state index in [0.717, 1.165) is 0 Å². The average molecular weight is 314 g/mol. The van der Waals surface area contributed by atoms with E-state index >= 15 is 0 Å². The molecule has 2 aromatic rings. The van der Waals surface area contributed by atoms with E-state index < -0.39 is 0 Å². The molecule has 0 unspecified atom stereocenters. The maximum absolute atomic E-state index is 11.8. The lowest BCUT2D eigenvalue weighted by Gasteiger charge is -2.07. The molecular formula is C12H9Cl2N3OS. The van der Waals surface area contributed by atoms with E-state index in [4.69, 9.17) is 23.2 Å². The molecule has 0 aliphatic heterocycles. The molecule has 1 aromatic heterocycles. The van der Waals surface area contributed by atoms with Crippen molar-refractivity contribution < 1.29 is 4.79 Å². The molecule has 4 nitrogen and oxygen atoms in total. The SMILES string of the molecule is O=C(CSc1ncccn1)Nc1cccc(Cl)c1Cl. The molecule has 0 bridgehead atoms. The fourth-order valence-corrected chi connectivity index (χ4v) is 2.23. The van der Waals surface area contributed by atoms with Gasteiger partial charge in [0.2, 0.25) is 5.91 Å². The minimum absolute atomic E-state index is 0.193. The average Bonchev–Trinajstić information content (AvgIpc) is 2.43. The lowest BCUT2D eigenvalue weighted by Crippen LogP contribution is -2.14. The molecule has 1 heterocycles. The van der Waals surface area contributed by atoms with Crippen molar-refractivity contribution in [1.29, 1.82) is 0 Å². The van der Waals surface area contributed by atoms with Crippen LogP contribution in [0.3, 0.4) is 0 Å². The normalized spacial score (nSPS) is 10.2. The number of nitrogens with zero attached hydrogens (tertiary/aromatic N) is 2. The van der Waals surface area contributed by atoms with Crippen molar-refractivity contribution in [2.75, 3.05) is 11.1 Å². The summed E-state index contributed by atoms with van der Waals surface area (Å²) in [4.78, 5) is 19.8. The van der Waals surface area contributed by atoms with Crippen molar-refractivity contribution in [3.8, 4) is 0 Å². The minimum Gasteiger partial charge on any atom is -0.324 e. The van der Waals surface area contributed by atoms with E-state index in [2.05, 4.69) is 15.3 Å². The van der Waals surface area contributed by atoms with Crippen LogP contribution in [0, 0.1) is 0 Å². The summed E-state index contributed by atoms with van der Waals surface area (Å²) in [7, 11) is 0. The number of rotatable bonds is 4. The molecule has 0 radical (unpaired) electrons. The Bertz CT molecular complexity index is 580. The van der Waals surface area contributed by atoms with Gasteiger partial charge in [-0.3, -0.25) is 4.79 Å². The fourth-order valence-electron chi connectivity index (χ4n) is 1.28. The molecule has 1 aromatic carbocycles. The molecule has 0 aliphatic carbocycles. The van der Waals surface area contributed by atoms with Gasteiger partial charge in [0.25, 0.3) is 0 Å². The first-order valence-electron chi connectivity index (χ1n) is 5.30. The zero-order chi connectivity index (χ0) is 13.7. The molecule has 0 aliphatic rings.